The van der Waals surface area contributed by atoms with Crippen molar-refractivity contribution in [2.45, 2.75) is 53.1 Å². The van der Waals surface area contributed by atoms with E-state index >= 15 is 0 Å². The van der Waals surface area contributed by atoms with E-state index in [1.165, 1.54) is 5.56 Å². The first-order chi connectivity index (χ1) is 13.4. The van der Waals surface area contributed by atoms with Gasteiger partial charge in [-0.2, -0.15) is 0 Å². The van der Waals surface area contributed by atoms with Crippen LogP contribution in [0.5, 0.6) is 0 Å². The Morgan fingerprint density at radius 2 is 1.57 bits per heavy atom. The van der Waals surface area contributed by atoms with Crippen LogP contribution in [0.1, 0.15) is 43.9 Å². The van der Waals surface area contributed by atoms with Gasteiger partial charge in [0, 0.05) is 19.5 Å². The van der Waals surface area contributed by atoms with Crippen LogP contribution in [0, 0.1) is 12.8 Å². The van der Waals surface area contributed by atoms with Crippen molar-refractivity contribution in [3.8, 4) is 0 Å². The number of hydrogen-bond donors (Lipinski definition) is 1. The van der Waals surface area contributed by atoms with Crippen LogP contribution in [-0.4, -0.2) is 29.3 Å². The standard InChI is InChI=1S/C24H32N2O2/c1-18(2)16-25-24(28)20(4)26(17-22-8-6-5-7-9-22)23(27)15-14-21-12-10-19(3)11-13-21/h5-13,18,20H,14-17H2,1-4H3,(H,25,28)/t20-/m1/s1. The number of amides is 2. The molecule has 4 heteroatoms. The Bertz CT molecular complexity index is 754. The molecule has 150 valence electrons. The highest BCUT2D eigenvalue weighted by Gasteiger charge is 2.25. The van der Waals surface area contributed by atoms with E-state index in [-0.39, 0.29) is 11.8 Å². The first kappa shape index (κ1) is 21.7. The molecule has 0 aliphatic rings. The zero-order chi connectivity index (χ0) is 20.5. The molecule has 2 amide bonds. The van der Waals surface area contributed by atoms with Gasteiger partial charge in [-0.1, -0.05) is 74.0 Å². The Hall–Kier alpha value is -2.62. The first-order valence-electron chi connectivity index (χ1n) is 10.0. The van der Waals surface area contributed by atoms with Crippen molar-refractivity contribution < 1.29 is 9.59 Å². The van der Waals surface area contributed by atoms with Gasteiger partial charge in [0.05, 0.1) is 0 Å². The van der Waals surface area contributed by atoms with Gasteiger partial charge >= 0.3 is 0 Å². The molecule has 0 saturated heterocycles. The van der Waals surface area contributed by atoms with Crippen molar-refractivity contribution >= 4 is 11.8 Å². The Morgan fingerprint density at radius 3 is 2.18 bits per heavy atom. The van der Waals surface area contributed by atoms with Gasteiger partial charge in [0.2, 0.25) is 11.8 Å². The van der Waals surface area contributed by atoms with E-state index in [9.17, 15) is 9.59 Å². The zero-order valence-electron chi connectivity index (χ0n) is 17.4. The summed E-state index contributed by atoms with van der Waals surface area (Å²) in [6, 6.07) is 17.6. The lowest BCUT2D eigenvalue weighted by molar-refractivity contribution is -0.140. The maximum atomic E-state index is 13.0. The van der Waals surface area contributed by atoms with Crippen molar-refractivity contribution in [1.29, 1.82) is 0 Å². The largest absolute Gasteiger partial charge is 0.354 e. The minimum atomic E-state index is -0.510. The molecule has 1 atom stereocenters. The van der Waals surface area contributed by atoms with Crippen molar-refractivity contribution in [3.63, 3.8) is 0 Å². The molecule has 0 saturated carbocycles. The van der Waals surface area contributed by atoms with E-state index in [0.717, 1.165) is 11.1 Å². The fraction of sp³-hybridized carbons (Fsp3) is 0.417. The number of hydrogen-bond acceptors (Lipinski definition) is 2. The summed E-state index contributed by atoms with van der Waals surface area (Å²) in [5.74, 6) is 0.265. The second kappa shape index (κ2) is 10.6. The minimum absolute atomic E-state index is 0.00313. The molecule has 0 unspecified atom stereocenters. The minimum Gasteiger partial charge on any atom is -0.354 e. The van der Waals surface area contributed by atoms with Crippen molar-refractivity contribution in [1.82, 2.24) is 10.2 Å². The molecule has 0 bridgehead atoms. The molecule has 0 aliphatic heterocycles. The monoisotopic (exact) mass is 380 g/mol. The highest BCUT2D eigenvalue weighted by atomic mass is 16.2. The average molecular weight is 381 g/mol. The molecule has 2 aromatic rings. The average Bonchev–Trinajstić information content (AvgIpc) is 2.69. The second-order valence-corrected chi connectivity index (χ2v) is 7.81. The fourth-order valence-electron chi connectivity index (χ4n) is 2.96. The number of benzene rings is 2. The summed E-state index contributed by atoms with van der Waals surface area (Å²) in [6.07, 6.45) is 1.06. The lowest BCUT2D eigenvalue weighted by atomic mass is 10.1. The van der Waals surface area contributed by atoms with Crippen LogP contribution in [0.25, 0.3) is 0 Å². The second-order valence-electron chi connectivity index (χ2n) is 7.81. The predicted molar refractivity (Wildman–Crippen MR) is 114 cm³/mol. The molecule has 0 aliphatic carbocycles. The molecular formula is C24H32N2O2. The number of carbonyl (C=O) groups excluding carboxylic acids is 2. The van der Waals surface area contributed by atoms with Crippen molar-refractivity contribution in [2.75, 3.05) is 6.54 Å². The summed E-state index contributed by atoms with van der Waals surface area (Å²) in [5, 5.41) is 2.95. The van der Waals surface area contributed by atoms with E-state index in [4.69, 9.17) is 0 Å². The highest BCUT2D eigenvalue weighted by Crippen LogP contribution is 2.13. The van der Waals surface area contributed by atoms with E-state index in [2.05, 4.69) is 43.4 Å². The molecule has 0 spiro atoms. The van der Waals surface area contributed by atoms with Crippen LogP contribution in [0.3, 0.4) is 0 Å². The number of nitrogens with one attached hydrogen (secondary N) is 1. The number of carbonyl (C=O) groups is 2. The van der Waals surface area contributed by atoms with Gasteiger partial charge < -0.3 is 10.2 Å². The summed E-state index contributed by atoms with van der Waals surface area (Å²) in [5.41, 5.74) is 3.36. The molecule has 0 aromatic heterocycles. The maximum absolute atomic E-state index is 13.0. The first-order valence-corrected chi connectivity index (χ1v) is 10.0. The van der Waals surface area contributed by atoms with Gasteiger partial charge in [0.25, 0.3) is 0 Å². The van der Waals surface area contributed by atoms with Gasteiger partial charge in [-0.25, -0.2) is 0 Å². The predicted octanol–water partition coefficient (Wildman–Crippen LogP) is 4.12. The van der Waals surface area contributed by atoms with E-state index < -0.39 is 6.04 Å². The lowest BCUT2D eigenvalue weighted by Gasteiger charge is -2.29. The summed E-state index contributed by atoms with van der Waals surface area (Å²) in [4.78, 5) is 27.3. The molecular weight excluding hydrogens is 348 g/mol. The Morgan fingerprint density at radius 1 is 0.929 bits per heavy atom. The zero-order valence-corrected chi connectivity index (χ0v) is 17.4. The molecule has 0 fully saturated rings. The van der Waals surface area contributed by atoms with E-state index in [1.807, 2.05) is 44.2 Å². The molecule has 2 aromatic carbocycles. The van der Waals surface area contributed by atoms with Crippen LogP contribution >= 0.6 is 0 Å². The number of aryl methyl sites for hydroxylation is 2. The third kappa shape index (κ3) is 6.84. The van der Waals surface area contributed by atoms with Crippen molar-refractivity contribution in [2.24, 2.45) is 5.92 Å². The molecule has 2 rings (SSSR count). The molecule has 4 nitrogen and oxygen atoms in total. The summed E-state index contributed by atoms with van der Waals surface area (Å²) in [7, 11) is 0. The normalized spacial score (nSPS) is 11.9. The van der Waals surface area contributed by atoms with Gasteiger partial charge in [0.15, 0.2) is 0 Å². The Balaban J connectivity index is 2.08. The fourth-order valence-corrected chi connectivity index (χ4v) is 2.96. The van der Waals surface area contributed by atoms with Gasteiger partial charge in [0.1, 0.15) is 6.04 Å². The SMILES string of the molecule is Cc1ccc(CCC(=O)N(Cc2ccccc2)[C@H](C)C(=O)NCC(C)C)cc1. The van der Waals surface area contributed by atoms with Crippen LogP contribution in [-0.2, 0) is 22.6 Å². The van der Waals surface area contributed by atoms with Crippen LogP contribution in [0.15, 0.2) is 54.6 Å². The van der Waals surface area contributed by atoms with E-state index in [1.54, 1.807) is 4.90 Å². The quantitative estimate of drug-likeness (QED) is 0.711. The smallest absolute Gasteiger partial charge is 0.242 e. The van der Waals surface area contributed by atoms with Gasteiger partial charge in [-0.15, -0.1) is 0 Å². The van der Waals surface area contributed by atoms with Gasteiger partial charge in [-0.3, -0.25) is 9.59 Å². The number of nitrogens with zero attached hydrogens (tertiary/aromatic N) is 1. The van der Waals surface area contributed by atoms with Crippen LogP contribution in [0.4, 0.5) is 0 Å². The van der Waals surface area contributed by atoms with Crippen molar-refractivity contribution in [3.05, 3.63) is 71.3 Å². The molecule has 1 N–H and O–H groups in total. The van der Waals surface area contributed by atoms with E-state index in [0.29, 0.717) is 31.8 Å². The lowest BCUT2D eigenvalue weighted by Crippen LogP contribution is -2.48. The highest BCUT2D eigenvalue weighted by molar-refractivity contribution is 5.87. The third-order valence-corrected chi connectivity index (χ3v) is 4.80. The van der Waals surface area contributed by atoms with Gasteiger partial charge in [-0.05, 0) is 37.3 Å². The summed E-state index contributed by atoms with van der Waals surface area (Å²) in [6.45, 7) is 9.01. The van der Waals surface area contributed by atoms with Crippen LogP contribution in [0.2, 0.25) is 0 Å². The maximum Gasteiger partial charge on any atom is 0.242 e. The molecule has 0 radical (unpaired) electrons. The topological polar surface area (TPSA) is 49.4 Å². The van der Waals surface area contributed by atoms with Crippen LogP contribution < -0.4 is 5.32 Å². The summed E-state index contributed by atoms with van der Waals surface area (Å²) >= 11 is 0. The molecule has 28 heavy (non-hydrogen) atoms. The Labute approximate surface area is 169 Å². The third-order valence-electron chi connectivity index (χ3n) is 4.80. The Kier molecular flexibility index (Phi) is 8.24. The summed E-state index contributed by atoms with van der Waals surface area (Å²) < 4.78 is 0. The number of rotatable bonds is 9. The molecule has 0 heterocycles.